The fraction of sp³-hybridized carbons (Fsp3) is 0.250. The first-order valence-corrected chi connectivity index (χ1v) is 5.35. The molecular formula is C12H9ClF2O. The van der Waals surface area contributed by atoms with E-state index in [2.05, 4.69) is 0 Å². The van der Waals surface area contributed by atoms with Crippen molar-refractivity contribution >= 4 is 17.4 Å². The van der Waals surface area contributed by atoms with E-state index in [-0.39, 0.29) is 10.6 Å². The predicted octanol–water partition coefficient (Wildman–Crippen LogP) is 3.91. The highest BCUT2D eigenvalue weighted by atomic mass is 35.5. The Hall–Kier alpha value is -1.22. The minimum atomic E-state index is -0.774. The fourth-order valence-electron chi connectivity index (χ4n) is 1.75. The lowest BCUT2D eigenvalue weighted by Crippen LogP contribution is -2.05. The minimum absolute atomic E-state index is 0.241. The van der Waals surface area contributed by atoms with Crippen molar-refractivity contribution in [2.24, 2.45) is 0 Å². The zero-order valence-electron chi connectivity index (χ0n) is 8.40. The van der Waals surface area contributed by atoms with Gasteiger partial charge in [0.25, 0.3) is 0 Å². The van der Waals surface area contributed by atoms with Crippen LogP contribution < -0.4 is 0 Å². The van der Waals surface area contributed by atoms with Crippen LogP contribution in [0.25, 0.3) is 0 Å². The van der Waals surface area contributed by atoms with Gasteiger partial charge >= 0.3 is 0 Å². The summed E-state index contributed by atoms with van der Waals surface area (Å²) in [5.41, 5.74) is 0.315. The third kappa shape index (κ3) is 2.00. The fourth-order valence-corrected chi connectivity index (χ4v) is 1.90. The van der Waals surface area contributed by atoms with Gasteiger partial charge in [-0.15, -0.1) is 0 Å². The number of carbonyl (C=O) groups excluding carboxylic acids is 1. The molecule has 1 aromatic rings. The maximum atomic E-state index is 13.4. The second kappa shape index (κ2) is 4.34. The van der Waals surface area contributed by atoms with Gasteiger partial charge in [0.15, 0.2) is 5.78 Å². The van der Waals surface area contributed by atoms with Crippen LogP contribution in [0, 0.1) is 11.6 Å². The summed E-state index contributed by atoms with van der Waals surface area (Å²) in [5, 5.41) is -0.311. The van der Waals surface area contributed by atoms with Gasteiger partial charge in [-0.3, -0.25) is 4.79 Å². The number of hydrogen-bond donors (Lipinski definition) is 0. The SMILES string of the molecule is O=C(C1=CCCC1)c1cc(F)c(Cl)cc1F. The Balaban J connectivity index is 2.40. The monoisotopic (exact) mass is 242 g/mol. The number of hydrogen-bond acceptors (Lipinski definition) is 1. The molecule has 0 aliphatic heterocycles. The molecule has 84 valence electrons. The summed E-state index contributed by atoms with van der Waals surface area (Å²) in [6.45, 7) is 0. The number of benzene rings is 1. The van der Waals surface area contributed by atoms with Gasteiger partial charge in [0, 0.05) is 0 Å². The topological polar surface area (TPSA) is 17.1 Å². The molecule has 0 N–H and O–H groups in total. The molecule has 1 nitrogen and oxygen atoms in total. The van der Waals surface area contributed by atoms with Gasteiger partial charge in [-0.25, -0.2) is 8.78 Å². The zero-order valence-corrected chi connectivity index (χ0v) is 9.15. The van der Waals surface area contributed by atoms with E-state index in [1.807, 2.05) is 0 Å². The second-order valence-corrected chi connectivity index (χ2v) is 4.10. The van der Waals surface area contributed by atoms with Crippen LogP contribution in [0.15, 0.2) is 23.8 Å². The van der Waals surface area contributed by atoms with Crippen LogP contribution in [-0.4, -0.2) is 5.78 Å². The first-order chi connectivity index (χ1) is 7.59. The number of halogens is 3. The van der Waals surface area contributed by atoms with Crippen LogP contribution in [-0.2, 0) is 0 Å². The Morgan fingerprint density at radius 3 is 2.62 bits per heavy atom. The summed E-state index contributed by atoms with van der Waals surface area (Å²) in [6.07, 6.45) is 4.11. The molecule has 0 atom stereocenters. The number of ketones is 1. The van der Waals surface area contributed by atoms with Crippen molar-refractivity contribution in [3.63, 3.8) is 0 Å². The third-order valence-corrected chi connectivity index (χ3v) is 2.88. The number of allylic oxidation sites excluding steroid dienone is 2. The Kier molecular flexibility index (Phi) is 3.06. The van der Waals surface area contributed by atoms with Crippen LogP contribution in [0.5, 0.6) is 0 Å². The van der Waals surface area contributed by atoms with Crippen molar-refractivity contribution in [2.75, 3.05) is 0 Å². The molecule has 0 saturated heterocycles. The lowest BCUT2D eigenvalue weighted by Gasteiger charge is -2.04. The molecule has 0 radical (unpaired) electrons. The molecule has 0 bridgehead atoms. The highest BCUT2D eigenvalue weighted by Gasteiger charge is 2.20. The summed E-state index contributed by atoms with van der Waals surface area (Å²) in [5.74, 6) is -1.99. The van der Waals surface area contributed by atoms with Gasteiger partial charge in [-0.05, 0) is 37.0 Å². The zero-order chi connectivity index (χ0) is 11.7. The second-order valence-electron chi connectivity index (χ2n) is 3.70. The minimum Gasteiger partial charge on any atom is -0.289 e. The molecule has 16 heavy (non-hydrogen) atoms. The molecule has 2 rings (SSSR count). The summed E-state index contributed by atoms with van der Waals surface area (Å²) in [4.78, 5) is 11.8. The molecule has 0 saturated carbocycles. The van der Waals surface area contributed by atoms with Gasteiger partial charge in [0.2, 0.25) is 0 Å². The molecule has 4 heteroatoms. The summed E-state index contributed by atoms with van der Waals surface area (Å²) >= 11 is 5.41. The van der Waals surface area contributed by atoms with Crippen LogP contribution in [0.2, 0.25) is 5.02 Å². The molecule has 1 aromatic carbocycles. The number of Topliss-reactive ketones (excluding diaryl/α,β-unsaturated/α-hetero) is 1. The molecule has 0 unspecified atom stereocenters. The van der Waals surface area contributed by atoms with Crippen molar-refractivity contribution in [3.05, 3.63) is 46.0 Å². The number of rotatable bonds is 2. The maximum absolute atomic E-state index is 13.4. The average Bonchev–Trinajstić information content (AvgIpc) is 2.75. The van der Waals surface area contributed by atoms with Crippen LogP contribution in [0.3, 0.4) is 0 Å². The highest BCUT2D eigenvalue weighted by molar-refractivity contribution is 6.30. The van der Waals surface area contributed by atoms with Crippen LogP contribution in [0.4, 0.5) is 8.78 Å². The van der Waals surface area contributed by atoms with Gasteiger partial charge < -0.3 is 0 Å². The van der Waals surface area contributed by atoms with E-state index in [4.69, 9.17) is 11.6 Å². The van der Waals surface area contributed by atoms with Gasteiger partial charge in [0.05, 0.1) is 10.6 Å². The Morgan fingerprint density at radius 1 is 1.25 bits per heavy atom. The average molecular weight is 243 g/mol. The summed E-state index contributed by atoms with van der Waals surface area (Å²) in [7, 11) is 0. The molecule has 0 heterocycles. The smallest absolute Gasteiger partial charge is 0.191 e. The Bertz CT molecular complexity index is 480. The van der Waals surface area contributed by atoms with Crippen LogP contribution >= 0.6 is 11.6 Å². The van der Waals surface area contributed by atoms with E-state index in [0.29, 0.717) is 12.0 Å². The Morgan fingerprint density at radius 2 is 2.00 bits per heavy atom. The number of carbonyl (C=O) groups is 1. The van der Waals surface area contributed by atoms with E-state index in [9.17, 15) is 13.6 Å². The summed E-state index contributed by atoms with van der Waals surface area (Å²) in [6, 6.07) is 1.69. The van der Waals surface area contributed by atoms with Crippen molar-refractivity contribution in [1.29, 1.82) is 0 Å². The van der Waals surface area contributed by atoms with E-state index in [0.717, 1.165) is 25.0 Å². The highest BCUT2D eigenvalue weighted by Crippen LogP contribution is 2.25. The van der Waals surface area contributed by atoms with E-state index in [1.54, 1.807) is 6.08 Å². The maximum Gasteiger partial charge on any atom is 0.191 e. The Labute approximate surface area is 96.7 Å². The standard InChI is InChI=1S/C12H9ClF2O/c13-9-6-10(14)8(5-11(9)15)12(16)7-3-1-2-4-7/h3,5-6H,1-2,4H2. The van der Waals surface area contributed by atoms with Crippen molar-refractivity contribution < 1.29 is 13.6 Å². The van der Waals surface area contributed by atoms with Gasteiger partial charge in [-0.2, -0.15) is 0 Å². The van der Waals surface area contributed by atoms with Crippen molar-refractivity contribution in [2.45, 2.75) is 19.3 Å². The first-order valence-electron chi connectivity index (χ1n) is 4.98. The summed E-state index contributed by atoms with van der Waals surface area (Å²) < 4.78 is 26.6. The molecule has 0 spiro atoms. The van der Waals surface area contributed by atoms with Gasteiger partial charge in [-0.1, -0.05) is 17.7 Å². The molecule has 0 aromatic heterocycles. The molecule has 1 aliphatic rings. The third-order valence-electron chi connectivity index (χ3n) is 2.59. The van der Waals surface area contributed by atoms with E-state index < -0.39 is 17.4 Å². The van der Waals surface area contributed by atoms with Crippen molar-refractivity contribution in [1.82, 2.24) is 0 Å². The lowest BCUT2D eigenvalue weighted by molar-refractivity contribution is 0.102. The molecule has 1 aliphatic carbocycles. The van der Waals surface area contributed by atoms with E-state index in [1.165, 1.54) is 0 Å². The first kappa shape index (κ1) is 11.3. The van der Waals surface area contributed by atoms with Gasteiger partial charge in [0.1, 0.15) is 11.6 Å². The molecule has 0 amide bonds. The largest absolute Gasteiger partial charge is 0.289 e. The molecule has 0 fully saturated rings. The predicted molar refractivity (Wildman–Crippen MR) is 57.6 cm³/mol. The van der Waals surface area contributed by atoms with Crippen molar-refractivity contribution in [3.8, 4) is 0 Å². The normalized spacial score (nSPS) is 15.1. The van der Waals surface area contributed by atoms with Crippen LogP contribution in [0.1, 0.15) is 29.6 Å². The molecular weight excluding hydrogens is 234 g/mol. The lowest BCUT2D eigenvalue weighted by atomic mass is 10.0. The van der Waals surface area contributed by atoms with E-state index >= 15 is 0 Å². The quantitative estimate of drug-likeness (QED) is 0.568.